The van der Waals surface area contributed by atoms with Crippen LogP contribution in [0.15, 0.2) is 84.5 Å². The van der Waals surface area contributed by atoms with Gasteiger partial charge in [0.15, 0.2) is 5.71 Å². The van der Waals surface area contributed by atoms with Crippen LogP contribution < -0.4 is 0 Å². The van der Waals surface area contributed by atoms with Crippen LogP contribution in [-0.2, 0) is 5.41 Å². The number of rotatable bonds is 4. The molecule has 1 nitrogen and oxygen atoms in total. The molecule has 1 aliphatic rings. The highest BCUT2D eigenvalue weighted by Crippen LogP contribution is 2.46. The fraction of sp³-hybridized carbons (Fsp3) is 0.222. The average molecular weight is 367 g/mol. The van der Waals surface area contributed by atoms with Crippen molar-refractivity contribution in [1.82, 2.24) is 0 Å². The fourth-order valence-electron chi connectivity index (χ4n) is 4.40. The third-order valence-corrected chi connectivity index (χ3v) is 5.90. The first-order valence-corrected chi connectivity index (χ1v) is 10.0. The van der Waals surface area contributed by atoms with E-state index in [0.717, 1.165) is 6.42 Å². The van der Waals surface area contributed by atoms with Gasteiger partial charge in [0.2, 0.25) is 5.69 Å². The normalized spacial score (nSPS) is 18.7. The summed E-state index contributed by atoms with van der Waals surface area (Å²) in [6, 6.07) is 23.8. The molecule has 1 heterocycles. The molecule has 3 aromatic carbocycles. The molecule has 0 radical (unpaired) electrons. The maximum Gasteiger partial charge on any atom is 0.210 e. The number of nitrogens with zero attached hydrogens (tertiary/aromatic N) is 1. The minimum atomic E-state index is -0.0620. The van der Waals surface area contributed by atoms with Gasteiger partial charge in [0.25, 0.3) is 0 Å². The molecule has 0 spiro atoms. The molecule has 3 aromatic rings. The Hall–Kier alpha value is -2.93. The van der Waals surface area contributed by atoms with Crippen LogP contribution in [0.5, 0.6) is 0 Å². The second kappa shape index (κ2) is 7.24. The van der Waals surface area contributed by atoms with Gasteiger partial charge in [0.05, 0.1) is 5.41 Å². The van der Waals surface area contributed by atoms with Gasteiger partial charge in [-0.25, -0.2) is 0 Å². The Labute approximate surface area is 168 Å². The Kier molecular flexibility index (Phi) is 4.77. The number of hydrogen-bond donors (Lipinski definition) is 0. The molecule has 0 amide bonds. The lowest BCUT2D eigenvalue weighted by Crippen LogP contribution is -2.30. The van der Waals surface area contributed by atoms with E-state index in [1.165, 1.54) is 38.9 Å². The van der Waals surface area contributed by atoms with Gasteiger partial charge in [0.1, 0.15) is 7.05 Å². The number of benzene rings is 3. The maximum atomic E-state index is 2.39. The van der Waals surface area contributed by atoms with Crippen LogP contribution in [0.2, 0.25) is 0 Å². The Morgan fingerprint density at radius 3 is 2.36 bits per heavy atom. The topological polar surface area (TPSA) is 3.01 Å². The van der Waals surface area contributed by atoms with Crippen molar-refractivity contribution >= 4 is 28.2 Å². The van der Waals surface area contributed by atoms with E-state index in [0.29, 0.717) is 0 Å². The highest BCUT2D eigenvalue weighted by molar-refractivity contribution is 6.09. The minimum Gasteiger partial charge on any atom is -0.198 e. The van der Waals surface area contributed by atoms with Crippen molar-refractivity contribution in [2.24, 2.45) is 0 Å². The van der Waals surface area contributed by atoms with Crippen LogP contribution in [0.4, 0.5) is 5.69 Å². The van der Waals surface area contributed by atoms with Crippen molar-refractivity contribution in [3.05, 3.63) is 95.6 Å². The van der Waals surface area contributed by atoms with Gasteiger partial charge in [-0.15, -0.1) is 0 Å². The Morgan fingerprint density at radius 1 is 0.893 bits per heavy atom. The van der Waals surface area contributed by atoms with Crippen LogP contribution in [-0.4, -0.2) is 17.3 Å². The van der Waals surface area contributed by atoms with Gasteiger partial charge in [-0.2, -0.15) is 4.58 Å². The molecule has 0 N–H and O–H groups in total. The first-order valence-electron chi connectivity index (χ1n) is 10.0. The SMILES string of the molecule is CC(C)=CCC1(C)C(C=Cc2ccccc2)=[N+](C)c2ccc3ccccc3c21. The first kappa shape index (κ1) is 18.4. The van der Waals surface area contributed by atoms with Crippen molar-refractivity contribution in [3.8, 4) is 0 Å². The summed E-state index contributed by atoms with van der Waals surface area (Å²) in [5.74, 6) is 0. The largest absolute Gasteiger partial charge is 0.210 e. The van der Waals surface area contributed by atoms with Gasteiger partial charge in [-0.3, -0.25) is 0 Å². The predicted molar refractivity (Wildman–Crippen MR) is 122 cm³/mol. The Balaban J connectivity index is 1.91. The van der Waals surface area contributed by atoms with E-state index < -0.39 is 0 Å². The summed E-state index contributed by atoms with van der Waals surface area (Å²) in [6.07, 6.45) is 7.92. The molecule has 0 saturated heterocycles. The van der Waals surface area contributed by atoms with Gasteiger partial charge >= 0.3 is 0 Å². The lowest BCUT2D eigenvalue weighted by Gasteiger charge is -2.22. The van der Waals surface area contributed by atoms with Gasteiger partial charge < -0.3 is 0 Å². The molecule has 0 aliphatic carbocycles. The second-order valence-electron chi connectivity index (χ2n) is 8.19. The molecule has 0 fully saturated rings. The maximum absolute atomic E-state index is 2.39. The average Bonchev–Trinajstić information content (AvgIpc) is 2.93. The molecule has 1 atom stereocenters. The Morgan fingerprint density at radius 2 is 1.61 bits per heavy atom. The van der Waals surface area contributed by atoms with Crippen LogP contribution in [0, 0.1) is 0 Å². The molecular weight excluding hydrogens is 338 g/mol. The summed E-state index contributed by atoms with van der Waals surface area (Å²) < 4.78 is 2.38. The van der Waals surface area contributed by atoms with E-state index in [2.05, 4.69) is 117 Å². The Bertz CT molecular complexity index is 1110. The summed E-state index contributed by atoms with van der Waals surface area (Å²) in [6.45, 7) is 6.77. The highest BCUT2D eigenvalue weighted by atomic mass is 15.0. The molecule has 1 aliphatic heterocycles. The third-order valence-electron chi connectivity index (χ3n) is 5.90. The first-order chi connectivity index (χ1) is 13.5. The predicted octanol–water partition coefficient (Wildman–Crippen LogP) is 6.90. The molecule has 28 heavy (non-hydrogen) atoms. The smallest absolute Gasteiger partial charge is 0.198 e. The van der Waals surface area contributed by atoms with E-state index in [-0.39, 0.29) is 5.41 Å². The lowest BCUT2D eigenvalue weighted by atomic mass is 9.74. The van der Waals surface area contributed by atoms with E-state index in [4.69, 9.17) is 0 Å². The number of fused-ring (bicyclic) bond motifs is 3. The summed E-state index contributed by atoms with van der Waals surface area (Å²) in [7, 11) is 2.20. The van der Waals surface area contributed by atoms with Crippen molar-refractivity contribution in [2.45, 2.75) is 32.6 Å². The van der Waals surface area contributed by atoms with Crippen molar-refractivity contribution in [2.75, 3.05) is 7.05 Å². The van der Waals surface area contributed by atoms with Crippen molar-refractivity contribution in [1.29, 1.82) is 0 Å². The molecule has 1 unspecified atom stereocenters. The van der Waals surface area contributed by atoms with Gasteiger partial charge in [-0.1, -0.05) is 66.2 Å². The molecular formula is C27H28N+. The van der Waals surface area contributed by atoms with E-state index in [1.54, 1.807) is 0 Å². The molecule has 0 bridgehead atoms. The lowest BCUT2D eigenvalue weighted by molar-refractivity contribution is -0.401. The third kappa shape index (κ3) is 3.11. The molecule has 0 saturated carbocycles. The zero-order valence-electron chi connectivity index (χ0n) is 17.2. The molecule has 140 valence electrons. The van der Waals surface area contributed by atoms with Crippen LogP contribution in [0.1, 0.15) is 38.3 Å². The van der Waals surface area contributed by atoms with Crippen LogP contribution in [0.3, 0.4) is 0 Å². The summed E-state index contributed by atoms with van der Waals surface area (Å²) in [5.41, 5.74) is 6.64. The zero-order chi connectivity index (χ0) is 19.7. The van der Waals surface area contributed by atoms with E-state index in [9.17, 15) is 0 Å². The van der Waals surface area contributed by atoms with Crippen LogP contribution in [0.25, 0.3) is 16.8 Å². The molecule has 4 rings (SSSR count). The molecule has 0 aromatic heterocycles. The van der Waals surface area contributed by atoms with Gasteiger partial charge in [-0.05, 0) is 55.7 Å². The molecule has 1 heteroatoms. The van der Waals surface area contributed by atoms with E-state index in [1.807, 2.05) is 0 Å². The summed E-state index contributed by atoms with van der Waals surface area (Å²) in [5, 5.41) is 2.67. The van der Waals surface area contributed by atoms with Crippen LogP contribution >= 0.6 is 0 Å². The standard InChI is InChI=1S/C27H28N/c1-20(2)18-19-27(3)25(17-14-21-10-6-5-7-11-21)28(4)24-16-15-22-12-8-9-13-23(22)26(24)27/h5-18H,19H2,1-4H3/q+1. The zero-order valence-corrected chi connectivity index (χ0v) is 17.2. The van der Waals surface area contributed by atoms with E-state index >= 15 is 0 Å². The van der Waals surface area contributed by atoms with Crippen molar-refractivity contribution < 1.29 is 4.58 Å². The fourth-order valence-corrected chi connectivity index (χ4v) is 4.40. The summed E-state index contributed by atoms with van der Waals surface area (Å²) in [4.78, 5) is 0. The highest BCUT2D eigenvalue weighted by Gasteiger charge is 2.46. The second-order valence-corrected chi connectivity index (χ2v) is 8.19. The minimum absolute atomic E-state index is 0.0620. The van der Waals surface area contributed by atoms with Crippen molar-refractivity contribution in [3.63, 3.8) is 0 Å². The number of hydrogen-bond acceptors (Lipinski definition) is 0. The summed E-state index contributed by atoms with van der Waals surface area (Å²) >= 11 is 0. The number of allylic oxidation sites excluding steroid dienone is 3. The van der Waals surface area contributed by atoms with Gasteiger partial charge in [0, 0.05) is 17.7 Å². The monoisotopic (exact) mass is 366 g/mol. The quantitative estimate of drug-likeness (QED) is 0.349.